The van der Waals surface area contributed by atoms with E-state index >= 15 is 0 Å². The van der Waals surface area contributed by atoms with E-state index in [1.807, 2.05) is 0 Å². The number of nitrogens with zero attached hydrogens (tertiary/aromatic N) is 1. The standard InChI is InChI=1S/C19H15BrN2O6/c1-27-16-7-6-11(8-14(16)20)15(23)10-28-17(24)9-22-19(26)13-5-3-2-4-12(13)18(25)21-22/h2-8H,9-10H2,1H3,(H,21,25). The molecule has 1 N–H and O–H groups in total. The number of ketones is 1. The van der Waals surface area contributed by atoms with E-state index in [4.69, 9.17) is 9.47 Å². The molecule has 0 radical (unpaired) electrons. The van der Waals surface area contributed by atoms with E-state index < -0.39 is 36.0 Å². The summed E-state index contributed by atoms with van der Waals surface area (Å²) in [6, 6.07) is 11.0. The number of halogens is 1. The van der Waals surface area contributed by atoms with Crippen molar-refractivity contribution in [2.24, 2.45) is 0 Å². The van der Waals surface area contributed by atoms with Gasteiger partial charge < -0.3 is 9.47 Å². The fourth-order valence-electron chi connectivity index (χ4n) is 2.60. The SMILES string of the molecule is COc1ccc(C(=O)COC(=O)Cn2[nH]c(=O)c3ccccc3c2=O)cc1Br. The summed E-state index contributed by atoms with van der Waals surface area (Å²) in [4.78, 5) is 48.6. The molecule has 8 nitrogen and oxygen atoms in total. The van der Waals surface area contributed by atoms with Crippen LogP contribution in [-0.2, 0) is 16.1 Å². The molecule has 28 heavy (non-hydrogen) atoms. The number of fused-ring (bicyclic) bond motifs is 1. The number of ether oxygens (including phenoxy) is 2. The minimum absolute atomic E-state index is 0.193. The van der Waals surface area contributed by atoms with Gasteiger partial charge in [0.05, 0.1) is 22.4 Å². The van der Waals surface area contributed by atoms with E-state index in [1.54, 1.807) is 30.3 Å². The first-order valence-corrected chi connectivity index (χ1v) is 8.94. The quantitative estimate of drug-likeness (QED) is 0.457. The maximum atomic E-state index is 12.4. The van der Waals surface area contributed by atoms with Crippen molar-refractivity contribution in [1.29, 1.82) is 0 Å². The molecular weight excluding hydrogens is 432 g/mol. The number of hydrogen-bond acceptors (Lipinski definition) is 6. The molecule has 144 valence electrons. The van der Waals surface area contributed by atoms with Crippen LogP contribution in [0.3, 0.4) is 0 Å². The average Bonchev–Trinajstić information content (AvgIpc) is 2.70. The number of aromatic amines is 1. The lowest BCUT2D eigenvalue weighted by molar-refractivity contribution is -0.143. The summed E-state index contributed by atoms with van der Waals surface area (Å²) in [5.74, 6) is -0.682. The molecule has 0 aliphatic heterocycles. The van der Waals surface area contributed by atoms with Crippen molar-refractivity contribution in [2.45, 2.75) is 6.54 Å². The zero-order valence-corrected chi connectivity index (χ0v) is 16.3. The summed E-state index contributed by atoms with van der Waals surface area (Å²) >= 11 is 3.28. The number of rotatable bonds is 6. The number of benzene rings is 2. The van der Waals surface area contributed by atoms with Crippen molar-refractivity contribution in [1.82, 2.24) is 9.78 Å². The summed E-state index contributed by atoms with van der Waals surface area (Å²) in [5, 5.41) is 2.76. The van der Waals surface area contributed by atoms with Gasteiger partial charge in [-0.1, -0.05) is 12.1 Å². The van der Waals surface area contributed by atoms with Crippen LogP contribution in [0.4, 0.5) is 0 Å². The van der Waals surface area contributed by atoms with Gasteiger partial charge in [0.25, 0.3) is 11.1 Å². The van der Waals surface area contributed by atoms with Gasteiger partial charge in [-0.25, -0.2) is 4.68 Å². The van der Waals surface area contributed by atoms with Crippen LogP contribution in [0.15, 0.2) is 56.5 Å². The Bertz CT molecular complexity index is 1180. The van der Waals surface area contributed by atoms with Gasteiger partial charge in [-0.15, -0.1) is 0 Å². The van der Waals surface area contributed by atoms with Crippen molar-refractivity contribution in [3.63, 3.8) is 0 Å². The lowest BCUT2D eigenvalue weighted by Crippen LogP contribution is -2.33. The monoisotopic (exact) mass is 446 g/mol. The average molecular weight is 447 g/mol. The van der Waals surface area contributed by atoms with Crippen LogP contribution in [-0.4, -0.2) is 35.2 Å². The normalized spacial score (nSPS) is 10.6. The van der Waals surface area contributed by atoms with Gasteiger partial charge in [0.15, 0.2) is 12.4 Å². The summed E-state index contributed by atoms with van der Waals surface area (Å²) in [5.41, 5.74) is -0.698. The molecule has 0 amide bonds. The third kappa shape index (κ3) is 4.04. The van der Waals surface area contributed by atoms with Crippen LogP contribution in [0, 0.1) is 0 Å². The molecule has 0 atom stereocenters. The second-order valence-electron chi connectivity index (χ2n) is 5.81. The molecule has 0 aliphatic carbocycles. The van der Waals surface area contributed by atoms with Gasteiger partial charge in [-0.2, -0.15) is 0 Å². The Morgan fingerprint density at radius 1 is 1.11 bits per heavy atom. The zero-order chi connectivity index (χ0) is 20.3. The van der Waals surface area contributed by atoms with Crippen molar-refractivity contribution >= 4 is 38.5 Å². The van der Waals surface area contributed by atoms with Gasteiger partial charge in [0, 0.05) is 5.56 Å². The smallest absolute Gasteiger partial charge is 0.328 e. The zero-order valence-electron chi connectivity index (χ0n) is 14.7. The van der Waals surface area contributed by atoms with E-state index in [2.05, 4.69) is 21.0 Å². The number of esters is 1. The van der Waals surface area contributed by atoms with Gasteiger partial charge in [0.2, 0.25) is 0 Å². The molecule has 0 saturated carbocycles. The number of hydrogen-bond donors (Lipinski definition) is 1. The van der Waals surface area contributed by atoms with Crippen molar-refractivity contribution in [3.8, 4) is 5.75 Å². The van der Waals surface area contributed by atoms with E-state index in [-0.39, 0.29) is 10.8 Å². The third-order valence-electron chi connectivity index (χ3n) is 4.01. The number of aromatic nitrogens is 2. The predicted molar refractivity (Wildman–Crippen MR) is 105 cm³/mol. The Labute approximate surface area is 166 Å². The van der Waals surface area contributed by atoms with Gasteiger partial charge >= 0.3 is 5.97 Å². The van der Waals surface area contributed by atoms with Crippen molar-refractivity contribution in [2.75, 3.05) is 13.7 Å². The first-order valence-electron chi connectivity index (χ1n) is 8.15. The Morgan fingerprint density at radius 2 is 1.82 bits per heavy atom. The number of H-pyrrole nitrogens is 1. The Kier molecular flexibility index (Phi) is 5.74. The fraction of sp³-hybridized carbons (Fsp3) is 0.158. The molecule has 9 heteroatoms. The lowest BCUT2D eigenvalue weighted by Gasteiger charge is -2.08. The molecular formula is C19H15BrN2O6. The Hall–Kier alpha value is -3.20. The lowest BCUT2D eigenvalue weighted by atomic mass is 10.1. The number of carbonyl (C=O) groups excluding carboxylic acids is 2. The first kappa shape index (κ1) is 19.6. The van der Waals surface area contributed by atoms with Crippen LogP contribution in [0.1, 0.15) is 10.4 Å². The predicted octanol–water partition coefficient (Wildman–Crippen LogP) is 1.89. The molecule has 1 heterocycles. The van der Waals surface area contributed by atoms with E-state index in [9.17, 15) is 19.2 Å². The molecule has 0 spiro atoms. The molecule has 0 unspecified atom stereocenters. The molecule has 3 aromatic rings. The minimum Gasteiger partial charge on any atom is -0.496 e. The third-order valence-corrected chi connectivity index (χ3v) is 4.63. The molecule has 0 saturated heterocycles. The highest BCUT2D eigenvalue weighted by Gasteiger charge is 2.14. The topological polar surface area (TPSA) is 107 Å². The highest BCUT2D eigenvalue weighted by Crippen LogP contribution is 2.25. The molecule has 0 aliphatic rings. The Morgan fingerprint density at radius 3 is 2.50 bits per heavy atom. The number of nitrogens with one attached hydrogen (secondary N) is 1. The molecule has 2 aromatic carbocycles. The van der Waals surface area contributed by atoms with Crippen LogP contribution in [0.5, 0.6) is 5.75 Å². The van der Waals surface area contributed by atoms with Crippen LogP contribution < -0.4 is 15.9 Å². The van der Waals surface area contributed by atoms with Gasteiger partial charge in [0.1, 0.15) is 12.3 Å². The van der Waals surface area contributed by atoms with Gasteiger partial charge in [-0.05, 0) is 46.3 Å². The largest absolute Gasteiger partial charge is 0.496 e. The maximum Gasteiger partial charge on any atom is 0.328 e. The molecule has 0 fully saturated rings. The maximum absolute atomic E-state index is 12.4. The highest BCUT2D eigenvalue weighted by molar-refractivity contribution is 9.10. The highest BCUT2D eigenvalue weighted by atomic mass is 79.9. The summed E-state index contributed by atoms with van der Waals surface area (Å²) in [6.45, 7) is -1.01. The summed E-state index contributed by atoms with van der Waals surface area (Å²) in [6.07, 6.45) is 0. The van der Waals surface area contributed by atoms with Crippen molar-refractivity contribution < 1.29 is 19.1 Å². The van der Waals surface area contributed by atoms with Crippen molar-refractivity contribution in [3.05, 3.63) is 73.2 Å². The second kappa shape index (κ2) is 8.22. The minimum atomic E-state index is -0.825. The number of methoxy groups -OCH3 is 1. The van der Waals surface area contributed by atoms with E-state index in [0.29, 0.717) is 15.8 Å². The molecule has 0 bridgehead atoms. The van der Waals surface area contributed by atoms with Crippen LogP contribution >= 0.6 is 15.9 Å². The first-order chi connectivity index (χ1) is 13.4. The van der Waals surface area contributed by atoms with Crippen LogP contribution in [0.25, 0.3) is 10.8 Å². The van der Waals surface area contributed by atoms with Gasteiger partial charge in [-0.3, -0.25) is 24.3 Å². The van der Waals surface area contributed by atoms with E-state index in [0.717, 1.165) is 4.68 Å². The second-order valence-corrected chi connectivity index (χ2v) is 6.67. The van der Waals surface area contributed by atoms with E-state index in [1.165, 1.54) is 19.2 Å². The molecule has 1 aromatic heterocycles. The number of carbonyl (C=O) groups is 2. The molecule has 3 rings (SSSR count). The summed E-state index contributed by atoms with van der Waals surface area (Å²) < 4.78 is 11.5. The fourth-order valence-corrected chi connectivity index (χ4v) is 3.14. The van der Waals surface area contributed by atoms with Crippen LogP contribution in [0.2, 0.25) is 0 Å². The Balaban J connectivity index is 1.69. The summed E-state index contributed by atoms with van der Waals surface area (Å²) in [7, 11) is 1.50. The number of Topliss-reactive ketones (excluding diaryl/α,β-unsaturated/α-hetero) is 1.